The molecule has 7 heteroatoms. The molecule has 2 N–H and O–H groups in total. The number of amides is 2. The van der Waals surface area contributed by atoms with Gasteiger partial charge in [-0.3, -0.25) is 9.59 Å². The number of fused-ring (bicyclic) bond motifs is 1. The highest BCUT2D eigenvalue weighted by atomic mass is 32.1. The molecule has 0 radical (unpaired) electrons. The molecule has 2 atom stereocenters. The van der Waals surface area contributed by atoms with Gasteiger partial charge < -0.3 is 15.5 Å². The van der Waals surface area contributed by atoms with E-state index in [1.165, 1.54) is 11.3 Å². The SMILES string of the molecule is O=C1NCC(=O)N2CC(Nc3nccs3)CC12. The number of aromatic nitrogens is 1. The summed E-state index contributed by atoms with van der Waals surface area (Å²) in [6.07, 6.45) is 2.38. The summed E-state index contributed by atoms with van der Waals surface area (Å²) in [5, 5.41) is 8.59. The van der Waals surface area contributed by atoms with Crippen molar-refractivity contribution < 1.29 is 9.59 Å². The van der Waals surface area contributed by atoms with Crippen molar-refractivity contribution in [1.82, 2.24) is 15.2 Å². The van der Waals surface area contributed by atoms with E-state index in [2.05, 4.69) is 15.6 Å². The van der Waals surface area contributed by atoms with Crippen molar-refractivity contribution in [3.63, 3.8) is 0 Å². The molecule has 0 aromatic carbocycles. The van der Waals surface area contributed by atoms with Crippen LogP contribution in [0.4, 0.5) is 5.13 Å². The molecule has 1 aromatic heterocycles. The number of nitrogens with zero attached hydrogens (tertiary/aromatic N) is 2. The van der Waals surface area contributed by atoms with E-state index in [4.69, 9.17) is 0 Å². The molecule has 6 nitrogen and oxygen atoms in total. The lowest BCUT2D eigenvalue weighted by Crippen LogP contribution is -2.55. The summed E-state index contributed by atoms with van der Waals surface area (Å²) < 4.78 is 0. The second kappa shape index (κ2) is 3.99. The van der Waals surface area contributed by atoms with Crippen LogP contribution in [0.1, 0.15) is 6.42 Å². The van der Waals surface area contributed by atoms with E-state index in [0.717, 1.165) is 5.13 Å². The molecule has 0 aliphatic carbocycles. The smallest absolute Gasteiger partial charge is 0.243 e. The molecule has 0 bridgehead atoms. The van der Waals surface area contributed by atoms with Crippen molar-refractivity contribution in [2.75, 3.05) is 18.4 Å². The summed E-state index contributed by atoms with van der Waals surface area (Å²) in [4.78, 5) is 29.1. The first-order chi connectivity index (χ1) is 8.24. The summed E-state index contributed by atoms with van der Waals surface area (Å²) in [6, 6.07) is -0.201. The minimum absolute atomic E-state index is 0.00182. The molecule has 3 rings (SSSR count). The van der Waals surface area contributed by atoms with Crippen LogP contribution in [-0.2, 0) is 9.59 Å². The van der Waals surface area contributed by atoms with Crippen LogP contribution in [0.25, 0.3) is 0 Å². The van der Waals surface area contributed by atoms with Crippen molar-refractivity contribution in [1.29, 1.82) is 0 Å². The predicted molar refractivity (Wildman–Crippen MR) is 62.7 cm³/mol. The standard InChI is InChI=1S/C10H12N4O2S/c15-8-4-12-9(16)7-3-6(5-14(7)8)13-10-11-1-2-17-10/h1-2,6-7H,3-5H2,(H,11,13)(H,12,16). The molecule has 2 aliphatic rings. The molecular weight excluding hydrogens is 240 g/mol. The first kappa shape index (κ1) is 10.5. The third kappa shape index (κ3) is 1.86. The average molecular weight is 252 g/mol. The summed E-state index contributed by atoms with van der Waals surface area (Å²) in [7, 11) is 0. The fourth-order valence-corrected chi connectivity index (χ4v) is 2.92. The quantitative estimate of drug-likeness (QED) is 0.755. The number of carbonyl (C=O) groups is 2. The normalized spacial score (nSPS) is 27.9. The molecule has 2 unspecified atom stereocenters. The third-order valence-electron chi connectivity index (χ3n) is 3.10. The van der Waals surface area contributed by atoms with Gasteiger partial charge in [0.2, 0.25) is 11.8 Å². The molecule has 2 saturated heterocycles. The first-order valence-electron chi connectivity index (χ1n) is 5.47. The number of thiazole rings is 1. The molecule has 17 heavy (non-hydrogen) atoms. The van der Waals surface area contributed by atoms with E-state index < -0.39 is 0 Å². The largest absolute Gasteiger partial charge is 0.357 e. The maximum absolute atomic E-state index is 11.6. The first-order valence-corrected chi connectivity index (χ1v) is 6.35. The van der Waals surface area contributed by atoms with E-state index in [0.29, 0.717) is 13.0 Å². The second-order valence-electron chi connectivity index (χ2n) is 4.19. The Kier molecular flexibility index (Phi) is 2.47. The Balaban J connectivity index is 1.71. The fourth-order valence-electron chi connectivity index (χ4n) is 2.32. The van der Waals surface area contributed by atoms with Gasteiger partial charge in [0, 0.05) is 24.2 Å². The summed E-state index contributed by atoms with van der Waals surface area (Å²) >= 11 is 1.52. The highest BCUT2D eigenvalue weighted by Crippen LogP contribution is 2.24. The van der Waals surface area contributed by atoms with Crippen molar-refractivity contribution in [2.24, 2.45) is 0 Å². The average Bonchev–Trinajstić information content (AvgIpc) is 2.94. The Labute approximate surface area is 102 Å². The van der Waals surface area contributed by atoms with Crippen LogP contribution in [0, 0.1) is 0 Å². The van der Waals surface area contributed by atoms with Crippen molar-refractivity contribution in [2.45, 2.75) is 18.5 Å². The van der Waals surface area contributed by atoms with Crippen LogP contribution in [-0.4, -0.2) is 46.9 Å². The Morgan fingerprint density at radius 1 is 1.53 bits per heavy atom. The Bertz CT molecular complexity index is 423. The number of nitrogens with one attached hydrogen (secondary N) is 2. The molecule has 0 spiro atoms. The lowest BCUT2D eigenvalue weighted by molar-refractivity contribution is -0.143. The maximum atomic E-state index is 11.6. The molecule has 2 fully saturated rings. The number of rotatable bonds is 2. The number of hydrogen-bond acceptors (Lipinski definition) is 5. The molecule has 2 amide bonds. The minimum Gasteiger partial charge on any atom is -0.357 e. The van der Waals surface area contributed by atoms with Crippen molar-refractivity contribution >= 4 is 28.3 Å². The molecule has 3 heterocycles. The van der Waals surface area contributed by atoms with Gasteiger partial charge in [-0.2, -0.15) is 0 Å². The van der Waals surface area contributed by atoms with Gasteiger partial charge in [0.1, 0.15) is 6.04 Å². The van der Waals surface area contributed by atoms with Crippen LogP contribution >= 0.6 is 11.3 Å². The number of hydrogen-bond donors (Lipinski definition) is 2. The number of anilines is 1. The van der Waals surface area contributed by atoms with Gasteiger partial charge in [-0.1, -0.05) is 0 Å². The molecule has 1 aromatic rings. The second-order valence-corrected chi connectivity index (χ2v) is 5.09. The van der Waals surface area contributed by atoms with Crippen LogP contribution in [0.3, 0.4) is 0 Å². The van der Waals surface area contributed by atoms with Gasteiger partial charge in [-0.15, -0.1) is 11.3 Å². The van der Waals surface area contributed by atoms with Gasteiger partial charge >= 0.3 is 0 Å². The van der Waals surface area contributed by atoms with E-state index in [1.807, 2.05) is 5.38 Å². The summed E-state index contributed by atoms with van der Waals surface area (Å²) in [5.41, 5.74) is 0. The zero-order valence-corrected chi connectivity index (χ0v) is 9.87. The third-order valence-corrected chi connectivity index (χ3v) is 3.80. The number of carbonyl (C=O) groups excluding carboxylic acids is 2. The van der Waals surface area contributed by atoms with Crippen LogP contribution in [0.2, 0.25) is 0 Å². The lowest BCUT2D eigenvalue weighted by atomic mass is 10.1. The van der Waals surface area contributed by atoms with E-state index >= 15 is 0 Å². The lowest BCUT2D eigenvalue weighted by Gasteiger charge is -2.28. The molecule has 90 valence electrons. The molecule has 0 saturated carbocycles. The number of piperazine rings is 1. The highest BCUT2D eigenvalue weighted by molar-refractivity contribution is 7.13. The molecular formula is C10H12N4O2S. The summed E-state index contributed by atoms with van der Waals surface area (Å²) in [6.45, 7) is 0.704. The van der Waals surface area contributed by atoms with Gasteiger partial charge in [-0.25, -0.2) is 4.98 Å². The Morgan fingerprint density at radius 3 is 3.12 bits per heavy atom. The zero-order valence-electron chi connectivity index (χ0n) is 9.05. The van der Waals surface area contributed by atoms with Gasteiger partial charge in [0.25, 0.3) is 0 Å². The maximum Gasteiger partial charge on any atom is 0.243 e. The van der Waals surface area contributed by atoms with Gasteiger partial charge in [-0.05, 0) is 6.42 Å². The summed E-state index contributed by atoms with van der Waals surface area (Å²) in [5.74, 6) is -0.0499. The molecule has 2 aliphatic heterocycles. The van der Waals surface area contributed by atoms with Crippen molar-refractivity contribution in [3.05, 3.63) is 11.6 Å². The van der Waals surface area contributed by atoms with Crippen molar-refractivity contribution in [3.8, 4) is 0 Å². The highest BCUT2D eigenvalue weighted by Gasteiger charge is 2.42. The minimum atomic E-state index is -0.311. The van der Waals surface area contributed by atoms with Gasteiger partial charge in [0.15, 0.2) is 5.13 Å². The van der Waals surface area contributed by atoms with Crippen LogP contribution < -0.4 is 10.6 Å². The van der Waals surface area contributed by atoms with E-state index in [-0.39, 0.29) is 30.4 Å². The zero-order chi connectivity index (χ0) is 11.8. The van der Waals surface area contributed by atoms with E-state index in [1.54, 1.807) is 11.1 Å². The topological polar surface area (TPSA) is 74.3 Å². The fraction of sp³-hybridized carbons (Fsp3) is 0.500. The van der Waals surface area contributed by atoms with Crippen LogP contribution in [0.5, 0.6) is 0 Å². The predicted octanol–water partition coefficient (Wildman–Crippen LogP) is -0.346. The van der Waals surface area contributed by atoms with E-state index in [9.17, 15) is 9.59 Å². The van der Waals surface area contributed by atoms with Crippen LogP contribution in [0.15, 0.2) is 11.6 Å². The Hall–Kier alpha value is -1.63. The Morgan fingerprint density at radius 2 is 2.41 bits per heavy atom. The monoisotopic (exact) mass is 252 g/mol. The van der Waals surface area contributed by atoms with Gasteiger partial charge in [0.05, 0.1) is 6.54 Å².